The monoisotopic (exact) mass is 428 g/mol. The molecule has 2 nitrogen and oxygen atoms in total. The fourth-order valence-electron chi connectivity index (χ4n) is 4.66. The standard InChI is InChI=1S/C26H28O2Si2/c1-29(2,3)20-15-17-11-9-13-19-22(17)24(25(20)27)23-18-12-8-7-10-16(18)14-21(26(23)28-19)30(4,5)6/h7-15,27H,1-6H3. The minimum atomic E-state index is -1.76. The van der Waals surface area contributed by atoms with Crippen LogP contribution in [0.2, 0.25) is 39.3 Å². The Morgan fingerprint density at radius 3 is 2.03 bits per heavy atom. The minimum Gasteiger partial charge on any atom is -0.507 e. The molecule has 0 bridgehead atoms. The second-order valence-corrected chi connectivity index (χ2v) is 20.5. The van der Waals surface area contributed by atoms with E-state index in [0.717, 1.165) is 44.0 Å². The number of benzene rings is 4. The third kappa shape index (κ3) is 2.74. The van der Waals surface area contributed by atoms with Crippen molar-refractivity contribution in [2.45, 2.75) is 39.3 Å². The largest absolute Gasteiger partial charge is 0.507 e. The number of aromatic hydroxyl groups is 1. The Labute approximate surface area is 180 Å². The predicted octanol–water partition coefficient (Wildman–Crippen LogP) is 6.56. The molecule has 0 aliphatic carbocycles. The van der Waals surface area contributed by atoms with E-state index in [1.165, 1.54) is 10.6 Å². The van der Waals surface area contributed by atoms with Gasteiger partial charge in [-0.2, -0.15) is 0 Å². The lowest BCUT2D eigenvalue weighted by atomic mass is 9.90. The number of phenolic OH excluding ortho intramolecular Hbond substituents is 1. The van der Waals surface area contributed by atoms with E-state index in [2.05, 4.69) is 87.8 Å². The quantitative estimate of drug-likeness (QED) is 0.323. The summed E-state index contributed by atoms with van der Waals surface area (Å²) in [6.45, 7) is 13.9. The molecule has 0 amide bonds. The van der Waals surface area contributed by atoms with E-state index in [4.69, 9.17) is 4.74 Å². The summed E-state index contributed by atoms with van der Waals surface area (Å²) in [6.07, 6.45) is 0. The number of fused-ring (bicyclic) bond motifs is 4. The van der Waals surface area contributed by atoms with Crippen molar-refractivity contribution in [2.75, 3.05) is 0 Å². The molecule has 0 fully saturated rings. The summed E-state index contributed by atoms with van der Waals surface area (Å²) in [6, 6.07) is 19.2. The van der Waals surface area contributed by atoms with E-state index >= 15 is 0 Å². The zero-order valence-corrected chi connectivity index (χ0v) is 20.6. The number of rotatable bonds is 2. The summed E-state index contributed by atoms with van der Waals surface area (Å²) in [7, 11) is -3.46. The van der Waals surface area contributed by atoms with E-state index < -0.39 is 16.1 Å². The van der Waals surface area contributed by atoms with Crippen molar-refractivity contribution in [3.05, 3.63) is 54.6 Å². The number of ether oxygens (including phenoxy) is 1. The van der Waals surface area contributed by atoms with Crippen molar-refractivity contribution in [1.82, 2.24) is 0 Å². The van der Waals surface area contributed by atoms with Crippen LogP contribution in [0, 0.1) is 0 Å². The third-order valence-corrected chi connectivity index (χ3v) is 10.2. The van der Waals surface area contributed by atoms with Gasteiger partial charge in [0.05, 0.1) is 16.1 Å². The Morgan fingerprint density at radius 1 is 0.700 bits per heavy atom. The van der Waals surface area contributed by atoms with Crippen LogP contribution in [0.15, 0.2) is 54.6 Å². The molecule has 0 radical (unpaired) electrons. The lowest BCUT2D eigenvalue weighted by Gasteiger charge is -2.31. The first kappa shape index (κ1) is 19.4. The average Bonchev–Trinajstić information content (AvgIpc) is 2.67. The van der Waals surface area contributed by atoms with Crippen molar-refractivity contribution >= 4 is 48.1 Å². The van der Waals surface area contributed by atoms with Gasteiger partial charge in [-0.15, -0.1) is 0 Å². The first-order chi connectivity index (χ1) is 14.1. The van der Waals surface area contributed by atoms with E-state index in [1.54, 1.807) is 0 Å². The number of phenols is 1. The molecule has 0 unspecified atom stereocenters. The maximum absolute atomic E-state index is 11.7. The molecule has 4 aromatic carbocycles. The topological polar surface area (TPSA) is 29.5 Å². The van der Waals surface area contributed by atoms with Crippen molar-refractivity contribution in [3.8, 4) is 28.4 Å². The maximum atomic E-state index is 11.7. The highest BCUT2D eigenvalue weighted by Gasteiger charge is 2.34. The number of hydrogen-bond acceptors (Lipinski definition) is 2. The zero-order valence-electron chi connectivity index (χ0n) is 18.6. The van der Waals surface area contributed by atoms with Crippen molar-refractivity contribution in [2.24, 2.45) is 0 Å². The van der Waals surface area contributed by atoms with Gasteiger partial charge >= 0.3 is 0 Å². The Kier molecular flexibility index (Phi) is 4.02. The molecule has 0 aromatic heterocycles. The molecular weight excluding hydrogens is 400 g/mol. The fraction of sp³-hybridized carbons (Fsp3) is 0.231. The summed E-state index contributed by atoms with van der Waals surface area (Å²) in [5.74, 6) is 2.23. The van der Waals surface area contributed by atoms with Crippen molar-refractivity contribution in [1.29, 1.82) is 0 Å². The summed E-state index contributed by atoms with van der Waals surface area (Å²) in [5.41, 5.74) is 2.02. The van der Waals surface area contributed by atoms with Gasteiger partial charge in [-0.05, 0) is 32.6 Å². The fourth-order valence-corrected chi connectivity index (χ4v) is 7.53. The van der Waals surface area contributed by atoms with Crippen LogP contribution in [0.4, 0.5) is 0 Å². The average molecular weight is 429 g/mol. The lowest BCUT2D eigenvalue weighted by Crippen LogP contribution is -2.39. The van der Waals surface area contributed by atoms with Gasteiger partial charge in [0, 0.05) is 16.5 Å². The molecular formula is C26H28O2Si2. The predicted molar refractivity (Wildman–Crippen MR) is 135 cm³/mol. The van der Waals surface area contributed by atoms with Crippen LogP contribution in [0.1, 0.15) is 0 Å². The molecule has 4 aromatic rings. The highest BCUT2D eigenvalue weighted by atomic mass is 28.3. The summed E-state index contributed by atoms with van der Waals surface area (Å²) < 4.78 is 6.63. The summed E-state index contributed by atoms with van der Waals surface area (Å²) >= 11 is 0. The van der Waals surface area contributed by atoms with Gasteiger partial charge in [0.15, 0.2) is 0 Å². The number of hydrogen-bond donors (Lipinski definition) is 1. The zero-order chi connectivity index (χ0) is 21.4. The molecule has 30 heavy (non-hydrogen) atoms. The molecule has 1 N–H and O–H groups in total. The van der Waals surface area contributed by atoms with Gasteiger partial charge in [-0.25, -0.2) is 0 Å². The van der Waals surface area contributed by atoms with Crippen LogP contribution >= 0.6 is 0 Å². The van der Waals surface area contributed by atoms with Crippen LogP contribution in [-0.2, 0) is 0 Å². The first-order valence-electron chi connectivity index (χ1n) is 10.6. The van der Waals surface area contributed by atoms with Gasteiger partial charge in [0.1, 0.15) is 17.2 Å². The maximum Gasteiger partial charge on any atom is 0.136 e. The van der Waals surface area contributed by atoms with E-state index in [1.807, 2.05) is 6.07 Å². The van der Waals surface area contributed by atoms with Gasteiger partial charge in [0.25, 0.3) is 0 Å². The summed E-state index contributed by atoms with van der Waals surface area (Å²) in [5, 5.41) is 18.6. The molecule has 1 aliphatic rings. The molecule has 0 saturated heterocycles. The van der Waals surface area contributed by atoms with E-state index in [-0.39, 0.29) is 0 Å². The Bertz CT molecular complexity index is 1340. The second kappa shape index (κ2) is 6.22. The Balaban J connectivity index is 2.05. The molecule has 0 spiro atoms. The van der Waals surface area contributed by atoms with Gasteiger partial charge in [0.2, 0.25) is 0 Å². The molecule has 5 rings (SSSR count). The van der Waals surface area contributed by atoms with Crippen LogP contribution in [0.25, 0.3) is 32.7 Å². The van der Waals surface area contributed by atoms with Gasteiger partial charge in [-0.1, -0.05) is 87.8 Å². The normalized spacial score (nSPS) is 13.4. The van der Waals surface area contributed by atoms with E-state index in [9.17, 15) is 5.11 Å². The van der Waals surface area contributed by atoms with Crippen LogP contribution < -0.4 is 15.1 Å². The van der Waals surface area contributed by atoms with Crippen LogP contribution in [0.3, 0.4) is 0 Å². The first-order valence-corrected chi connectivity index (χ1v) is 17.6. The minimum absolute atomic E-state index is 0.441. The third-order valence-electron chi connectivity index (χ3n) is 6.18. The second-order valence-electron chi connectivity index (χ2n) is 10.5. The van der Waals surface area contributed by atoms with Gasteiger partial charge in [-0.3, -0.25) is 0 Å². The van der Waals surface area contributed by atoms with Crippen LogP contribution in [-0.4, -0.2) is 21.3 Å². The Hall–Kier alpha value is -2.57. The lowest BCUT2D eigenvalue weighted by molar-refractivity contribution is 0.473. The highest BCUT2D eigenvalue weighted by Crippen LogP contribution is 2.52. The SMILES string of the molecule is C[Si](C)(C)c1cc2cccc3c2c(c1O)-c1c(c([Si](C)(C)C)cc2ccccc12)O3. The highest BCUT2D eigenvalue weighted by molar-refractivity contribution is 6.90. The van der Waals surface area contributed by atoms with E-state index in [0.29, 0.717) is 5.75 Å². The molecule has 0 atom stereocenters. The molecule has 1 heterocycles. The van der Waals surface area contributed by atoms with Gasteiger partial charge < -0.3 is 9.84 Å². The molecule has 1 aliphatic heterocycles. The van der Waals surface area contributed by atoms with Crippen molar-refractivity contribution < 1.29 is 9.84 Å². The smallest absolute Gasteiger partial charge is 0.136 e. The molecule has 0 saturated carbocycles. The van der Waals surface area contributed by atoms with Crippen LogP contribution in [0.5, 0.6) is 17.2 Å². The molecule has 4 heteroatoms. The Morgan fingerprint density at radius 2 is 1.33 bits per heavy atom. The summed E-state index contributed by atoms with van der Waals surface area (Å²) in [4.78, 5) is 0. The molecule has 152 valence electrons. The van der Waals surface area contributed by atoms with Crippen molar-refractivity contribution in [3.63, 3.8) is 0 Å².